The van der Waals surface area contributed by atoms with Crippen LogP contribution in [0, 0.1) is 0 Å². The third-order valence-corrected chi connectivity index (χ3v) is 6.62. The molecule has 0 aliphatic carbocycles. The quantitative estimate of drug-likeness (QED) is 0.0663. The van der Waals surface area contributed by atoms with Crippen LogP contribution in [0.4, 0.5) is 0 Å². The number of unbranched alkanes of at least 4 members (excludes halogenated alkanes) is 11. The van der Waals surface area contributed by atoms with Crippen LogP contribution in [0.25, 0.3) is 0 Å². The molecule has 210 valence electrons. The van der Waals surface area contributed by atoms with E-state index in [9.17, 15) is 14.3 Å². The lowest BCUT2D eigenvalue weighted by molar-refractivity contribution is -0.870. The number of carbonyl (C=O) groups excluding carboxylic acids is 1. The van der Waals surface area contributed by atoms with Gasteiger partial charge in [0.15, 0.2) is 0 Å². The van der Waals surface area contributed by atoms with Crippen LogP contribution in [0.3, 0.4) is 0 Å². The molecule has 35 heavy (non-hydrogen) atoms. The van der Waals surface area contributed by atoms with Crippen molar-refractivity contribution in [1.82, 2.24) is 0 Å². The van der Waals surface area contributed by atoms with Gasteiger partial charge in [-0.15, -0.1) is 0 Å². The molecule has 0 amide bonds. The van der Waals surface area contributed by atoms with Crippen molar-refractivity contribution in [2.24, 2.45) is 0 Å². The van der Waals surface area contributed by atoms with Gasteiger partial charge in [-0.05, 0) is 12.8 Å². The Morgan fingerprint density at radius 1 is 0.771 bits per heavy atom. The van der Waals surface area contributed by atoms with Gasteiger partial charge < -0.3 is 27.9 Å². The monoisotopic (exact) mass is 523 g/mol. The summed E-state index contributed by atoms with van der Waals surface area (Å²) in [6.07, 6.45) is 14.6. The Balaban J connectivity index is 4.26. The number of rotatable bonds is 25. The molecule has 0 rings (SSSR count). The van der Waals surface area contributed by atoms with Gasteiger partial charge in [0.25, 0.3) is 7.82 Å². The second-order valence-electron chi connectivity index (χ2n) is 10.4. The van der Waals surface area contributed by atoms with E-state index in [0.717, 1.165) is 32.1 Å². The van der Waals surface area contributed by atoms with Crippen LogP contribution in [0.2, 0.25) is 0 Å². The van der Waals surface area contributed by atoms with Gasteiger partial charge >= 0.3 is 5.97 Å². The molecule has 0 heterocycles. The molecule has 0 aliphatic heterocycles. The third kappa shape index (κ3) is 25.0. The van der Waals surface area contributed by atoms with Gasteiger partial charge in [-0.25, -0.2) is 0 Å². The molecule has 0 bridgehead atoms. The molecular formula is C26H54NO7P. The molecule has 0 fully saturated rings. The molecule has 8 nitrogen and oxygen atoms in total. The second-order valence-corrected chi connectivity index (χ2v) is 11.8. The summed E-state index contributed by atoms with van der Waals surface area (Å²) in [7, 11) is 1.35. The first-order chi connectivity index (χ1) is 16.6. The largest absolute Gasteiger partial charge is 0.756 e. The molecule has 9 heteroatoms. The van der Waals surface area contributed by atoms with Crippen LogP contribution in [-0.4, -0.2) is 70.7 Å². The van der Waals surface area contributed by atoms with E-state index in [1.807, 2.05) is 21.1 Å². The summed E-state index contributed by atoms with van der Waals surface area (Å²) in [6, 6.07) is 0. The summed E-state index contributed by atoms with van der Waals surface area (Å²) in [5, 5.41) is 0. The maximum atomic E-state index is 12.1. The highest BCUT2D eigenvalue weighted by Gasteiger charge is 2.20. The fourth-order valence-corrected chi connectivity index (χ4v) is 4.15. The lowest BCUT2D eigenvalue weighted by Gasteiger charge is -2.28. The minimum absolute atomic E-state index is 0.0288. The van der Waals surface area contributed by atoms with Crippen molar-refractivity contribution < 1.29 is 37.3 Å². The lowest BCUT2D eigenvalue weighted by atomic mass is 10.1. The molecular weight excluding hydrogens is 469 g/mol. The van der Waals surface area contributed by atoms with Gasteiger partial charge in [-0.1, -0.05) is 84.5 Å². The summed E-state index contributed by atoms with van der Waals surface area (Å²) < 4.78 is 33.7. The first-order valence-electron chi connectivity index (χ1n) is 13.8. The summed E-state index contributed by atoms with van der Waals surface area (Å²) in [4.78, 5) is 24.2. The molecule has 2 unspecified atom stereocenters. The van der Waals surface area contributed by atoms with Crippen molar-refractivity contribution in [2.45, 2.75) is 110 Å². The molecule has 2 atom stereocenters. The molecule has 0 N–H and O–H groups in total. The Morgan fingerprint density at radius 3 is 1.89 bits per heavy atom. The number of carbonyl (C=O) groups is 1. The Labute approximate surface area is 215 Å². The normalized spacial score (nSPS) is 14.6. The van der Waals surface area contributed by atoms with Crippen molar-refractivity contribution in [3.63, 3.8) is 0 Å². The van der Waals surface area contributed by atoms with E-state index in [0.29, 0.717) is 24.1 Å². The Kier molecular flexibility index (Phi) is 21.3. The maximum Gasteiger partial charge on any atom is 0.306 e. The third-order valence-electron chi connectivity index (χ3n) is 5.66. The van der Waals surface area contributed by atoms with Gasteiger partial charge in [0, 0.05) is 13.0 Å². The average molecular weight is 524 g/mol. The van der Waals surface area contributed by atoms with E-state index in [1.54, 1.807) is 0 Å². The summed E-state index contributed by atoms with van der Waals surface area (Å²) >= 11 is 0. The van der Waals surface area contributed by atoms with Crippen molar-refractivity contribution >= 4 is 13.8 Å². The smallest absolute Gasteiger partial charge is 0.306 e. The van der Waals surface area contributed by atoms with Gasteiger partial charge in [0.2, 0.25) is 0 Å². The lowest BCUT2D eigenvalue weighted by Crippen LogP contribution is -2.37. The summed E-state index contributed by atoms with van der Waals surface area (Å²) in [5.41, 5.74) is 0. The molecule has 0 aromatic rings. The van der Waals surface area contributed by atoms with E-state index in [4.69, 9.17) is 18.5 Å². The number of nitrogens with zero attached hydrogens (tertiary/aromatic N) is 1. The number of esters is 1. The van der Waals surface area contributed by atoms with Gasteiger partial charge in [0.1, 0.15) is 19.3 Å². The second kappa shape index (κ2) is 21.6. The maximum absolute atomic E-state index is 12.1. The van der Waals surface area contributed by atoms with Crippen molar-refractivity contribution in [1.29, 1.82) is 0 Å². The van der Waals surface area contributed by atoms with Crippen LogP contribution in [0.1, 0.15) is 104 Å². The highest BCUT2D eigenvalue weighted by molar-refractivity contribution is 7.45. The minimum atomic E-state index is -4.48. The number of hydrogen-bond acceptors (Lipinski definition) is 7. The molecule has 0 aromatic heterocycles. The highest BCUT2D eigenvalue weighted by atomic mass is 31.2. The van der Waals surface area contributed by atoms with Gasteiger partial charge in [0.05, 0.1) is 34.4 Å². The number of hydrogen-bond donors (Lipinski definition) is 0. The molecule has 0 radical (unpaired) electrons. The SMILES string of the molecule is CCCCCCCCCCCCOCC(COP(=O)([O-])OCC[N+](C)(C)C)OC(=O)CCCCC. The van der Waals surface area contributed by atoms with Crippen LogP contribution in [-0.2, 0) is 27.9 Å². The number of phosphoric ester groups is 1. The molecule has 0 saturated heterocycles. The molecule has 0 aliphatic rings. The Hall–Kier alpha value is -0.500. The van der Waals surface area contributed by atoms with Gasteiger partial charge in [-0.2, -0.15) is 0 Å². The fourth-order valence-electron chi connectivity index (χ4n) is 3.42. The first-order valence-corrected chi connectivity index (χ1v) is 15.2. The van der Waals surface area contributed by atoms with Gasteiger partial charge in [-0.3, -0.25) is 9.36 Å². The predicted molar refractivity (Wildman–Crippen MR) is 139 cm³/mol. The number of phosphoric acid groups is 1. The van der Waals surface area contributed by atoms with E-state index in [2.05, 4.69) is 13.8 Å². The Bertz CT molecular complexity index is 554. The molecule has 0 spiro atoms. The van der Waals surface area contributed by atoms with Crippen LogP contribution < -0.4 is 4.89 Å². The van der Waals surface area contributed by atoms with Crippen LogP contribution >= 0.6 is 7.82 Å². The van der Waals surface area contributed by atoms with Crippen molar-refractivity contribution in [3.05, 3.63) is 0 Å². The van der Waals surface area contributed by atoms with E-state index >= 15 is 0 Å². The van der Waals surface area contributed by atoms with Crippen LogP contribution in [0.15, 0.2) is 0 Å². The van der Waals surface area contributed by atoms with E-state index in [1.165, 1.54) is 51.4 Å². The minimum Gasteiger partial charge on any atom is -0.756 e. The summed E-state index contributed by atoms with van der Waals surface area (Å²) in [5.74, 6) is -0.360. The zero-order valence-electron chi connectivity index (χ0n) is 23.3. The fraction of sp³-hybridized carbons (Fsp3) is 0.962. The molecule has 0 aromatic carbocycles. The van der Waals surface area contributed by atoms with Crippen molar-refractivity contribution in [2.75, 3.05) is 54.1 Å². The Morgan fingerprint density at radius 2 is 1.31 bits per heavy atom. The topological polar surface area (TPSA) is 94.1 Å². The highest BCUT2D eigenvalue weighted by Crippen LogP contribution is 2.38. The standard InChI is InChI=1S/C26H54NO7P/c1-6-8-10-11-12-13-14-15-16-18-21-31-23-25(34-26(28)19-17-9-7-2)24-33-35(29,30)32-22-20-27(3,4)5/h25H,6-24H2,1-5H3. The van der Waals surface area contributed by atoms with E-state index < -0.39 is 13.9 Å². The number of quaternary nitrogens is 1. The number of ether oxygens (including phenoxy) is 2. The van der Waals surface area contributed by atoms with E-state index in [-0.39, 0.29) is 25.8 Å². The predicted octanol–water partition coefficient (Wildman–Crippen LogP) is 5.62. The number of likely N-dealkylation sites (N-methyl/N-ethyl adjacent to an activating group) is 1. The van der Waals surface area contributed by atoms with Crippen LogP contribution in [0.5, 0.6) is 0 Å². The zero-order chi connectivity index (χ0) is 26.4. The first kappa shape index (κ1) is 34.5. The zero-order valence-corrected chi connectivity index (χ0v) is 24.2. The summed E-state index contributed by atoms with van der Waals surface area (Å²) in [6.45, 7) is 5.20. The van der Waals surface area contributed by atoms with Crippen molar-refractivity contribution in [3.8, 4) is 0 Å². The molecule has 0 saturated carbocycles. The average Bonchev–Trinajstić information content (AvgIpc) is 2.77.